The van der Waals surface area contributed by atoms with Crippen molar-refractivity contribution >= 4 is 12.1 Å². The van der Waals surface area contributed by atoms with Crippen molar-refractivity contribution in [2.24, 2.45) is 17.8 Å². The van der Waals surface area contributed by atoms with Gasteiger partial charge in [0.2, 0.25) is 0 Å². The highest BCUT2D eigenvalue weighted by Gasteiger charge is 2.47. The smallest absolute Gasteiger partial charge is 0.410 e. The number of carbonyl (C=O) groups is 2. The maximum atomic E-state index is 11.9. The zero-order valence-corrected chi connectivity index (χ0v) is 11.2. The summed E-state index contributed by atoms with van der Waals surface area (Å²) in [5.41, 5.74) is -0.499. The molecular weight excluding hydrogens is 234 g/mol. The molecule has 0 aromatic rings. The first-order chi connectivity index (χ1) is 8.28. The molecule has 0 unspecified atom stereocenters. The molecule has 1 N–H and O–H groups in total. The lowest BCUT2D eigenvalue weighted by Gasteiger charge is -2.25. The molecule has 18 heavy (non-hydrogen) atoms. The van der Waals surface area contributed by atoms with E-state index >= 15 is 0 Å². The van der Waals surface area contributed by atoms with Gasteiger partial charge in [-0.1, -0.05) is 0 Å². The molecule has 2 fully saturated rings. The third kappa shape index (κ3) is 2.60. The van der Waals surface area contributed by atoms with E-state index in [2.05, 4.69) is 0 Å². The van der Waals surface area contributed by atoms with Crippen LogP contribution in [0.15, 0.2) is 0 Å². The fourth-order valence-corrected chi connectivity index (χ4v) is 3.05. The number of fused-ring (bicyclic) bond motifs is 1. The molecule has 0 aromatic carbocycles. The third-order valence-corrected chi connectivity index (χ3v) is 3.83. The number of amides is 1. The van der Waals surface area contributed by atoms with Crippen molar-refractivity contribution in [3.8, 4) is 0 Å². The number of carbonyl (C=O) groups excluding carboxylic acids is 1. The van der Waals surface area contributed by atoms with Crippen molar-refractivity contribution in [3.05, 3.63) is 0 Å². The summed E-state index contributed by atoms with van der Waals surface area (Å²) < 4.78 is 5.32. The number of carboxylic acids is 1. The van der Waals surface area contributed by atoms with Crippen LogP contribution in [-0.2, 0) is 9.53 Å². The van der Waals surface area contributed by atoms with Crippen LogP contribution >= 0.6 is 0 Å². The third-order valence-electron chi connectivity index (χ3n) is 3.83. The number of ether oxygens (including phenoxy) is 1. The first-order valence-corrected chi connectivity index (χ1v) is 6.48. The minimum absolute atomic E-state index is 0.106. The highest BCUT2D eigenvalue weighted by molar-refractivity contribution is 5.72. The molecule has 1 saturated heterocycles. The number of rotatable bonds is 1. The van der Waals surface area contributed by atoms with E-state index in [-0.39, 0.29) is 17.9 Å². The molecule has 1 aliphatic carbocycles. The van der Waals surface area contributed by atoms with Crippen LogP contribution in [-0.4, -0.2) is 40.8 Å². The van der Waals surface area contributed by atoms with Crippen molar-refractivity contribution in [1.82, 2.24) is 4.90 Å². The Kier molecular flexibility index (Phi) is 3.25. The van der Waals surface area contributed by atoms with Crippen LogP contribution in [0, 0.1) is 17.8 Å². The molecule has 2 rings (SSSR count). The average molecular weight is 255 g/mol. The van der Waals surface area contributed by atoms with E-state index in [0.29, 0.717) is 19.0 Å². The first kappa shape index (κ1) is 13.2. The summed E-state index contributed by atoms with van der Waals surface area (Å²) in [6.45, 7) is 6.67. The van der Waals surface area contributed by atoms with Gasteiger partial charge in [-0.25, -0.2) is 4.79 Å². The van der Waals surface area contributed by atoms with Gasteiger partial charge in [0.15, 0.2) is 0 Å². The van der Waals surface area contributed by atoms with Crippen LogP contribution in [0.3, 0.4) is 0 Å². The lowest BCUT2D eigenvalue weighted by molar-refractivity contribution is -0.143. The largest absolute Gasteiger partial charge is 0.481 e. The second kappa shape index (κ2) is 4.44. The number of likely N-dealkylation sites (tertiary alicyclic amines) is 1. The monoisotopic (exact) mass is 255 g/mol. The van der Waals surface area contributed by atoms with Crippen molar-refractivity contribution in [1.29, 1.82) is 0 Å². The van der Waals surface area contributed by atoms with Gasteiger partial charge in [-0.3, -0.25) is 4.79 Å². The highest BCUT2D eigenvalue weighted by Crippen LogP contribution is 2.42. The molecule has 1 saturated carbocycles. The number of carboxylic acid groups (broad SMARTS) is 1. The van der Waals surface area contributed by atoms with Crippen molar-refractivity contribution in [3.63, 3.8) is 0 Å². The van der Waals surface area contributed by atoms with Crippen LogP contribution in [0.4, 0.5) is 4.79 Å². The zero-order valence-electron chi connectivity index (χ0n) is 11.2. The van der Waals surface area contributed by atoms with E-state index in [9.17, 15) is 9.59 Å². The van der Waals surface area contributed by atoms with Gasteiger partial charge in [0, 0.05) is 13.1 Å². The second-order valence-corrected chi connectivity index (χ2v) is 6.33. The fraction of sp³-hybridized carbons (Fsp3) is 0.846. The highest BCUT2D eigenvalue weighted by atomic mass is 16.6. The van der Waals surface area contributed by atoms with Gasteiger partial charge in [0.05, 0.1) is 5.92 Å². The van der Waals surface area contributed by atoms with Crippen molar-refractivity contribution in [2.75, 3.05) is 13.1 Å². The maximum absolute atomic E-state index is 11.9. The Hall–Kier alpha value is -1.26. The van der Waals surface area contributed by atoms with Crippen LogP contribution in [0.5, 0.6) is 0 Å². The average Bonchev–Trinajstić information content (AvgIpc) is 2.70. The molecule has 0 spiro atoms. The summed E-state index contributed by atoms with van der Waals surface area (Å²) in [6, 6.07) is 0. The topological polar surface area (TPSA) is 66.8 Å². The number of nitrogens with zero attached hydrogens (tertiary/aromatic N) is 1. The van der Waals surface area contributed by atoms with Crippen molar-refractivity contribution in [2.45, 2.75) is 39.2 Å². The van der Waals surface area contributed by atoms with E-state index in [4.69, 9.17) is 9.84 Å². The van der Waals surface area contributed by atoms with E-state index in [1.807, 2.05) is 20.8 Å². The molecule has 2 aliphatic rings. The minimum Gasteiger partial charge on any atom is -0.481 e. The summed E-state index contributed by atoms with van der Waals surface area (Å²) in [4.78, 5) is 24.7. The molecule has 102 valence electrons. The van der Waals surface area contributed by atoms with E-state index in [1.165, 1.54) is 0 Å². The van der Waals surface area contributed by atoms with Gasteiger partial charge in [-0.15, -0.1) is 0 Å². The van der Waals surface area contributed by atoms with Crippen LogP contribution in [0.25, 0.3) is 0 Å². The Morgan fingerprint density at radius 2 is 1.89 bits per heavy atom. The van der Waals surface area contributed by atoms with E-state index in [0.717, 1.165) is 12.8 Å². The SMILES string of the molecule is CC(C)(C)OC(=O)N1C[C@@H]2CC[C@@H](C(=O)O)[C@@H]2C1. The van der Waals surface area contributed by atoms with E-state index in [1.54, 1.807) is 4.90 Å². The molecule has 3 atom stereocenters. The summed E-state index contributed by atoms with van der Waals surface area (Å²) >= 11 is 0. The van der Waals surface area contributed by atoms with Crippen LogP contribution in [0.1, 0.15) is 33.6 Å². The van der Waals surface area contributed by atoms with Crippen LogP contribution in [0.2, 0.25) is 0 Å². The summed E-state index contributed by atoms with van der Waals surface area (Å²) in [6.07, 6.45) is 1.33. The number of aliphatic carboxylic acids is 1. The summed E-state index contributed by atoms with van der Waals surface area (Å²) in [5, 5.41) is 9.14. The van der Waals surface area contributed by atoms with Crippen molar-refractivity contribution < 1.29 is 19.4 Å². The zero-order chi connectivity index (χ0) is 13.5. The predicted octanol–water partition coefficient (Wildman–Crippen LogP) is 1.96. The van der Waals surface area contributed by atoms with Gasteiger partial charge in [-0.05, 0) is 45.4 Å². The number of hydrogen-bond acceptors (Lipinski definition) is 3. The van der Waals surface area contributed by atoms with Gasteiger partial charge < -0.3 is 14.7 Å². The standard InChI is InChI=1S/C13H21NO4/c1-13(2,3)18-12(17)14-6-8-4-5-9(11(15)16)10(8)7-14/h8-10H,4-7H2,1-3H3,(H,15,16)/t8-,9+,10+/m0/s1. The summed E-state index contributed by atoms with van der Waals surface area (Å²) in [5.74, 6) is -0.579. The molecule has 1 aliphatic heterocycles. The molecular formula is C13H21NO4. The lowest BCUT2D eigenvalue weighted by Crippen LogP contribution is -2.36. The Labute approximate surface area is 107 Å². The molecule has 5 nitrogen and oxygen atoms in total. The fourth-order valence-electron chi connectivity index (χ4n) is 3.05. The molecule has 0 radical (unpaired) electrons. The first-order valence-electron chi connectivity index (χ1n) is 6.48. The molecule has 5 heteroatoms. The van der Waals surface area contributed by atoms with Gasteiger partial charge in [0.1, 0.15) is 5.60 Å². The summed E-state index contributed by atoms with van der Waals surface area (Å²) in [7, 11) is 0. The Morgan fingerprint density at radius 3 is 2.44 bits per heavy atom. The van der Waals surface area contributed by atoms with E-state index < -0.39 is 11.6 Å². The molecule has 0 bridgehead atoms. The normalized spacial score (nSPS) is 31.3. The minimum atomic E-state index is -0.728. The predicted molar refractivity (Wildman–Crippen MR) is 65.1 cm³/mol. The Balaban J connectivity index is 1.97. The van der Waals surface area contributed by atoms with Gasteiger partial charge in [-0.2, -0.15) is 0 Å². The Morgan fingerprint density at radius 1 is 1.22 bits per heavy atom. The quantitative estimate of drug-likeness (QED) is 0.777. The molecule has 1 amide bonds. The number of hydrogen-bond donors (Lipinski definition) is 1. The molecule has 0 aromatic heterocycles. The van der Waals surface area contributed by atoms with Gasteiger partial charge >= 0.3 is 12.1 Å². The molecule has 1 heterocycles. The maximum Gasteiger partial charge on any atom is 0.410 e. The van der Waals surface area contributed by atoms with Gasteiger partial charge in [0.25, 0.3) is 0 Å². The lowest BCUT2D eigenvalue weighted by atomic mass is 9.93. The second-order valence-electron chi connectivity index (χ2n) is 6.33. The van der Waals surface area contributed by atoms with Crippen LogP contribution < -0.4 is 0 Å². The Bertz CT molecular complexity index is 360.